The van der Waals surface area contributed by atoms with E-state index in [9.17, 15) is 31.2 Å². The van der Waals surface area contributed by atoms with Crippen LogP contribution in [0.25, 0.3) is 5.57 Å². The number of amides is 2. The van der Waals surface area contributed by atoms with Crippen molar-refractivity contribution < 1.29 is 31.2 Å². The fourth-order valence-corrected chi connectivity index (χ4v) is 4.49. The summed E-state index contributed by atoms with van der Waals surface area (Å²) in [6.07, 6.45) is -2.19. The van der Waals surface area contributed by atoms with Crippen molar-refractivity contribution in [3.8, 4) is 0 Å². The molecule has 180 valence electrons. The van der Waals surface area contributed by atoms with E-state index in [1.807, 2.05) is 0 Å². The highest BCUT2D eigenvalue weighted by molar-refractivity contribution is 7.90. The van der Waals surface area contributed by atoms with E-state index in [-0.39, 0.29) is 41.1 Å². The van der Waals surface area contributed by atoms with Crippen molar-refractivity contribution in [1.82, 2.24) is 4.90 Å². The zero-order valence-electron chi connectivity index (χ0n) is 18.0. The van der Waals surface area contributed by atoms with Gasteiger partial charge >= 0.3 is 6.18 Å². The summed E-state index contributed by atoms with van der Waals surface area (Å²) in [7, 11) is -3.65. The summed E-state index contributed by atoms with van der Waals surface area (Å²) in [6, 6.07) is 8.81. The minimum atomic E-state index is -4.76. The number of rotatable bonds is 4. The third-order valence-electron chi connectivity index (χ3n) is 5.16. The second-order valence-corrected chi connectivity index (χ2v) is 9.58. The van der Waals surface area contributed by atoms with Gasteiger partial charge in [0.1, 0.15) is 0 Å². The minimum Gasteiger partial charge on any atom is -0.370 e. The van der Waals surface area contributed by atoms with E-state index in [4.69, 9.17) is 11.5 Å². The standard InChI is InChI=1S/C22H21F3N4O4S/c1-34(32,33)18-5-3-2-4-16(18)20(31)29-10-8-13(9-11-29)15-7-6-14(19(30)28-21(26)27)12-17(15)22(23,24)25/h2-8,12H,9-11H2,1H3,(H4,26,27,28,30). The van der Waals surface area contributed by atoms with Crippen molar-refractivity contribution in [2.24, 2.45) is 16.5 Å². The number of aliphatic imine (C=N–C) groups is 1. The molecule has 0 bridgehead atoms. The van der Waals surface area contributed by atoms with E-state index in [1.54, 1.807) is 0 Å². The molecule has 0 saturated heterocycles. The van der Waals surface area contributed by atoms with Crippen LogP contribution in [0.2, 0.25) is 0 Å². The first kappa shape index (κ1) is 25.0. The molecule has 2 amide bonds. The van der Waals surface area contributed by atoms with Crippen LogP contribution in [0.5, 0.6) is 0 Å². The first-order valence-electron chi connectivity index (χ1n) is 9.92. The molecule has 34 heavy (non-hydrogen) atoms. The second-order valence-electron chi connectivity index (χ2n) is 7.60. The van der Waals surface area contributed by atoms with Gasteiger partial charge in [0, 0.05) is 24.9 Å². The van der Waals surface area contributed by atoms with Crippen LogP contribution in [0.4, 0.5) is 13.2 Å². The van der Waals surface area contributed by atoms with Crippen LogP contribution in [0.1, 0.15) is 38.3 Å². The lowest BCUT2D eigenvalue weighted by Gasteiger charge is -2.28. The first-order valence-corrected chi connectivity index (χ1v) is 11.8. The van der Waals surface area contributed by atoms with Gasteiger partial charge in [0.15, 0.2) is 15.8 Å². The highest BCUT2D eigenvalue weighted by Crippen LogP contribution is 2.37. The molecule has 0 radical (unpaired) electrons. The molecule has 2 aromatic carbocycles. The molecule has 0 atom stereocenters. The number of carbonyl (C=O) groups is 2. The molecule has 0 saturated carbocycles. The molecule has 0 aromatic heterocycles. The molecular formula is C22H21F3N4O4S. The van der Waals surface area contributed by atoms with Crippen LogP contribution in [0.15, 0.2) is 58.4 Å². The smallest absolute Gasteiger partial charge is 0.370 e. The monoisotopic (exact) mass is 494 g/mol. The number of guanidine groups is 1. The number of benzene rings is 2. The molecule has 0 aliphatic carbocycles. The molecule has 1 aliphatic heterocycles. The van der Waals surface area contributed by atoms with Crippen LogP contribution in [0, 0.1) is 0 Å². The Morgan fingerprint density at radius 2 is 1.76 bits per heavy atom. The minimum absolute atomic E-state index is 0.000396. The van der Waals surface area contributed by atoms with E-state index >= 15 is 0 Å². The van der Waals surface area contributed by atoms with Crippen molar-refractivity contribution in [2.75, 3.05) is 19.3 Å². The van der Waals surface area contributed by atoms with Crippen molar-refractivity contribution >= 4 is 33.2 Å². The Balaban J connectivity index is 1.92. The summed E-state index contributed by atoms with van der Waals surface area (Å²) >= 11 is 0. The van der Waals surface area contributed by atoms with Crippen LogP contribution in [0.3, 0.4) is 0 Å². The maximum absolute atomic E-state index is 13.7. The summed E-state index contributed by atoms with van der Waals surface area (Å²) < 4.78 is 65.3. The molecule has 1 heterocycles. The van der Waals surface area contributed by atoms with Crippen LogP contribution < -0.4 is 11.5 Å². The number of nitrogens with zero attached hydrogens (tertiary/aromatic N) is 2. The van der Waals surface area contributed by atoms with E-state index < -0.39 is 39.4 Å². The molecule has 2 aromatic rings. The van der Waals surface area contributed by atoms with Gasteiger partial charge in [-0.2, -0.15) is 18.2 Å². The molecule has 4 N–H and O–H groups in total. The largest absolute Gasteiger partial charge is 0.417 e. The van der Waals surface area contributed by atoms with Gasteiger partial charge in [-0.1, -0.05) is 24.3 Å². The summed E-state index contributed by atoms with van der Waals surface area (Å²) in [6.45, 7) is 0.0625. The highest BCUT2D eigenvalue weighted by atomic mass is 32.2. The summed E-state index contributed by atoms with van der Waals surface area (Å²) in [4.78, 5) is 29.4. The number of hydrogen-bond donors (Lipinski definition) is 2. The topological polar surface area (TPSA) is 136 Å². The van der Waals surface area contributed by atoms with Gasteiger partial charge in [0.25, 0.3) is 11.8 Å². The molecule has 8 nitrogen and oxygen atoms in total. The summed E-state index contributed by atoms with van der Waals surface area (Å²) in [5.74, 6) is -2.11. The quantitative estimate of drug-likeness (QED) is 0.495. The molecule has 0 unspecified atom stereocenters. The van der Waals surface area contributed by atoms with Gasteiger partial charge in [0.2, 0.25) is 0 Å². The Morgan fingerprint density at radius 1 is 1.09 bits per heavy atom. The molecular weight excluding hydrogens is 473 g/mol. The lowest BCUT2D eigenvalue weighted by Crippen LogP contribution is -2.35. The average Bonchev–Trinajstić information content (AvgIpc) is 2.76. The van der Waals surface area contributed by atoms with Gasteiger partial charge in [0.05, 0.1) is 16.0 Å². The molecule has 0 fully saturated rings. The van der Waals surface area contributed by atoms with Crippen molar-refractivity contribution in [2.45, 2.75) is 17.5 Å². The average molecular weight is 494 g/mol. The predicted molar refractivity (Wildman–Crippen MR) is 120 cm³/mol. The van der Waals surface area contributed by atoms with Gasteiger partial charge in [-0.05, 0) is 41.8 Å². The van der Waals surface area contributed by atoms with E-state index in [0.717, 1.165) is 6.26 Å². The number of carbonyl (C=O) groups excluding carboxylic acids is 2. The molecule has 0 spiro atoms. The predicted octanol–water partition coefficient (Wildman–Crippen LogP) is 2.45. The molecule has 3 rings (SSSR count). The van der Waals surface area contributed by atoms with Crippen LogP contribution in [-0.2, 0) is 16.0 Å². The maximum Gasteiger partial charge on any atom is 0.417 e. The zero-order valence-corrected chi connectivity index (χ0v) is 18.8. The van der Waals surface area contributed by atoms with Crippen LogP contribution >= 0.6 is 0 Å². The number of hydrogen-bond acceptors (Lipinski definition) is 4. The Hall–Kier alpha value is -3.67. The Labute approximate surface area is 193 Å². The van der Waals surface area contributed by atoms with Gasteiger partial charge in [-0.3, -0.25) is 9.59 Å². The van der Waals surface area contributed by atoms with Gasteiger partial charge < -0.3 is 16.4 Å². The third-order valence-corrected chi connectivity index (χ3v) is 6.32. The molecule has 12 heteroatoms. The Morgan fingerprint density at radius 3 is 2.32 bits per heavy atom. The third kappa shape index (κ3) is 5.45. The summed E-state index contributed by atoms with van der Waals surface area (Å²) in [5.41, 5.74) is 9.11. The SMILES string of the molecule is CS(=O)(=O)c1ccccc1C(=O)N1CC=C(c2ccc(C(=O)N=C(N)N)cc2C(F)(F)F)CC1. The van der Waals surface area contributed by atoms with E-state index in [2.05, 4.69) is 4.99 Å². The Bertz CT molecular complexity index is 1310. The summed E-state index contributed by atoms with van der Waals surface area (Å²) in [5, 5.41) is 0. The lowest BCUT2D eigenvalue weighted by molar-refractivity contribution is -0.137. The maximum atomic E-state index is 13.7. The molecule has 1 aliphatic rings. The fourth-order valence-electron chi connectivity index (χ4n) is 3.61. The zero-order chi connectivity index (χ0) is 25.3. The Kier molecular flexibility index (Phi) is 6.82. The van der Waals surface area contributed by atoms with Gasteiger partial charge in [-0.15, -0.1) is 0 Å². The van der Waals surface area contributed by atoms with Crippen molar-refractivity contribution in [3.63, 3.8) is 0 Å². The number of sulfone groups is 1. The van der Waals surface area contributed by atoms with Crippen molar-refractivity contribution in [3.05, 3.63) is 70.8 Å². The number of nitrogens with two attached hydrogens (primary N) is 2. The fraction of sp³-hybridized carbons (Fsp3) is 0.227. The van der Waals surface area contributed by atoms with Crippen molar-refractivity contribution in [1.29, 1.82) is 0 Å². The lowest BCUT2D eigenvalue weighted by atomic mass is 9.92. The van der Waals surface area contributed by atoms with E-state index in [1.165, 1.54) is 47.4 Å². The number of halogens is 3. The highest BCUT2D eigenvalue weighted by Gasteiger charge is 2.35. The number of alkyl halides is 3. The normalized spacial score (nSPS) is 14.4. The first-order chi connectivity index (χ1) is 15.8. The van der Waals surface area contributed by atoms with Crippen LogP contribution in [-0.4, -0.2) is 50.4 Å². The van der Waals surface area contributed by atoms with Gasteiger partial charge in [-0.25, -0.2) is 8.42 Å². The second kappa shape index (κ2) is 9.29. The van der Waals surface area contributed by atoms with E-state index in [0.29, 0.717) is 11.6 Å².